The van der Waals surface area contributed by atoms with E-state index in [2.05, 4.69) is 26.2 Å². The number of nitrogen functional groups attached to an aromatic ring is 1. The molecule has 3 N–H and O–H groups in total. The van der Waals surface area contributed by atoms with Gasteiger partial charge in [0.25, 0.3) is 0 Å². The second-order valence-electron chi connectivity index (χ2n) is 3.77. The van der Waals surface area contributed by atoms with Crippen LogP contribution in [0.25, 0.3) is 0 Å². The topological polar surface area (TPSA) is 68.0 Å². The van der Waals surface area contributed by atoms with Crippen molar-refractivity contribution in [2.45, 2.75) is 13.0 Å². The molecule has 0 saturated heterocycles. The number of pyridine rings is 1. The Morgan fingerprint density at radius 3 is 2.94 bits per heavy atom. The largest absolute Gasteiger partial charge is 0.397 e. The summed E-state index contributed by atoms with van der Waals surface area (Å²) in [5.41, 5.74) is 6.84. The lowest BCUT2D eigenvalue weighted by atomic mass is 10.2. The quantitative estimate of drug-likeness (QED) is 0.906. The Balaban J connectivity index is 1.83. The summed E-state index contributed by atoms with van der Waals surface area (Å²) in [5, 5.41) is 4.84. The van der Waals surface area contributed by atoms with Crippen molar-refractivity contribution in [2.75, 3.05) is 5.73 Å². The summed E-state index contributed by atoms with van der Waals surface area (Å²) >= 11 is 4.98. The van der Waals surface area contributed by atoms with E-state index in [9.17, 15) is 4.79 Å². The van der Waals surface area contributed by atoms with Crippen LogP contribution in [0, 0.1) is 0 Å². The molecule has 2 aromatic rings. The first-order valence-electron chi connectivity index (χ1n) is 5.33. The molecule has 94 valence electrons. The highest BCUT2D eigenvalue weighted by Crippen LogP contribution is 2.19. The molecule has 0 aliphatic rings. The van der Waals surface area contributed by atoms with Gasteiger partial charge in [-0.25, -0.2) is 0 Å². The number of nitrogens with zero attached hydrogens (tertiary/aromatic N) is 1. The van der Waals surface area contributed by atoms with E-state index in [1.54, 1.807) is 29.7 Å². The van der Waals surface area contributed by atoms with Crippen LogP contribution in [0.1, 0.15) is 10.6 Å². The van der Waals surface area contributed by atoms with Gasteiger partial charge in [0.05, 0.1) is 24.8 Å². The van der Waals surface area contributed by atoms with Crippen molar-refractivity contribution in [2.24, 2.45) is 0 Å². The van der Waals surface area contributed by atoms with Gasteiger partial charge in [0.15, 0.2) is 0 Å². The minimum Gasteiger partial charge on any atom is -0.397 e. The summed E-state index contributed by atoms with van der Waals surface area (Å²) in [6.45, 7) is 0.546. The molecule has 2 aromatic heterocycles. The summed E-state index contributed by atoms with van der Waals surface area (Å²) in [6, 6.07) is 5.50. The van der Waals surface area contributed by atoms with Gasteiger partial charge in [0.2, 0.25) is 5.91 Å². The highest BCUT2D eigenvalue weighted by molar-refractivity contribution is 9.10. The summed E-state index contributed by atoms with van der Waals surface area (Å²) in [5.74, 6) is -0.0446. The van der Waals surface area contributed by atoms with Gasteiger partial charge in [-0.1, -0.05) is 0 Å². The van der Waals surface area contributed by atoms with Gasteiger partial charge in [-0.2, -0.15) is 0 Å². The standard InChI is InChI=1S/C12H12BrN3OS/c13-8-3-11(18-7-8)6-16-12(17)4-10-2-1-9(14)5-15-10/h1-3,5,7H,4,6,14H2,(H,16,17). The van der Waals surface area contributed by atoms with Gasteiger partial charge < -0.3 is 11.1 Å². The third kappa shape index (κ3) is 3.82. The highest BCUT2D eigenvalue weighted by Gasteiger charge is 2.05. The fraction of sp³-hybridized carbons (Fsp3) is 0.167. The summed E-state index contributed by atoms with van der Waals surface area (Å²) in [7, 11) is 0. The molecule has 0 saturated carbocycles. The molecule has 2 heterocycles. The van der Waals surface area contributed by atoms with Crippen molar-refractivity contribution < 1.29 is 4.79 Å². The van der Waals surface area contributed by atoms with Crippen LogP contribution in [-0.4, -0.2) is 10.9 Å². The molecular weight excluding hydrogens is 314 g/mol. The predicted molar refractivity (Wildman–Crippen MR) is 76.2 cm³/mol. The van der Waals surface area contributed by atoms with Gasteiger partial charge in [0, 0.05) is 20.4 Å². The second kappa shape index (κ2) is 5.97. The zero-order valence-corrected chi connectivity index (χ0v) is 11.9. The molecular formula is C12H12BrN3OS. The zero-order valence-electron chi connectivity index (χ0n) is 9.52. The average molecular weight is 326 g/mol. The smallest absolute Gasteiger partial charge is 0.226 e. The van der Waals surface area contributed by atoms with E-state index in [1.165, 1.54) is 0 Å². The summed E-state index contributed by atoms with van der Waals surface area (Å²) in [4.78, 5) is 16.9. The first-order chi connectivity index (χ1) is 8.63. The number of nitrogens with two attached hydrogens (primary N) is 1. The number of anilines is 1. The Bertz CT molecular complexity index is 539. The van der Waals surface area contributed by atoms with Gasteiger partial charge in [-0.05, 0) is 34.1 Å². The van der Waals surface area contributed by atoms with Crippen molar-refractivity contribution >= 4 is 38.9 Å². The SMILES string of the molecule is Nc1ccc(CC(=O)NCc2cc(Br)cs2)nc1. The fourth-order valence-electron chi connectivity index (χ4n) is 1.40. The Morgan fingerprint density at radius 2 is 2.33 bits per heavy atom. The van der Waals surface area contributed by atoms with Crippen LogP contribution < -0.4 is 11.1 Å². The summed E-state index contributed by atoms with van der Waals surface area (Å²) in [6.07, 6.45) is 1.83. The van der Waals surface area contributed by atoms with E-state index < -0.39 is 0 Å². The third-order valence-electron chi connectivity index (χ3n) is 2.27. The van der Waals surface area contributed by atoms with Gasteiger partial charge in [-0.3, -0.25) is 9.78 Å². The van der Waals surface area contributed by atoms with Gasteiger partial charge >= 0.3 is 0 Å². The molecule has 6 heteroatoms. The molecule has 0 unspecified atom stereocenters. The van der Waals surface area contributed by atoms with Crippen LogP contribution in [0.2, 0.25) is 0 Å². The average Bonchev–Trinajstić information content (AvgIpc) is 2.76. The monoisotopic (exact) mass is 325 g/mol. The molecule has 0 fully saturated rings. The molecule has 0 aliphatic carbocycles. The molecule has 2 rings (SSSR count). The lowest BCUT2D eigenvalue weighted by Gasteiger charge is -2.03. The van der Waals surface area contributed by atoms with E-state index in [0.717, 1.165) is 9.35 Å². The Labute approximate surface area is 117 Å². The van der Waals surface area contributed by atoms with Crippen LogP contribution >= 0.6 is 27.3 Å². The zero-order chi connectivity index (χ0) is 13.0. The maximum absolute atomic E-state index is 11.7. The van der Waals surface area contributed by atoms with Crippen molar-refractivity contribution in [3.8, 4) is 0 Å². The summed E-state index contributed by atoms with van der Waals surface area (Å²) < 4.78 is 1.04. The van der Waals surface area contributed by atoms with E-state index in [1.807, 2.05) is 11.4 Å². The second-order valence-corrected chi connectivity index (χ2v) is 5.68. The van der Waals surface area contributed by atoms with Crippen LogP contribution in [0.15, 0.2) is 34.2 Å². The van der Waals surface area contributed by atoms with Crippen molar-refractivity contribution in [3.05, 3.63) is 44.8 Å². The maximum Gasteiger partial charge on any atom is 0.226 e. The minimum absolute atomic E-state index is 0.0446. The number of halogens is 1. The number of thiophene rings is 1. The molecule has 0 bridgehead atoms. The van der Waals surface area contributed by atoms with Gasteiger partial charge in [0.1, 0.15) is 0 Å². The molecule has 0 radical (unpaired) electrons. The lowest BCUT2D eigenvalue weighted by Crippen LogP contribution is -2.24. The molecule has 1 amide bonds. The van der Waals surface area contributed by atoms with Crippen molar-refractivity contribution in [1.82, 2.24) is 10.3 Å². The van der Waals surface area contributed by atoms with Crippen molar-refractivity contribution in [3.63, 3.8) is 0 Å². The molecule has 18 heavy (non-hydrogen) atoms. The van der Waals surface area contributed by atoms with E-state index >= 15 is 0 Å². The fourth-order valence-corrected chi connectivity index (χ4v) is 2.79. The molecule has 4 nitrogen and oxygen atoms in total. The molecule has 0 aliphatic heterocycles. The first-order valence-corrected chi connectivity index (χ1v) is 7.01. The molecule has 0 atom stereocenters. The molecule has 0 aromatic carbocycles. The van der Waals surface area contributed by atoms with E-state index in [-0.39, 0.29) is 12.3 Å². The Kier molecular flexibility index (Phi) is 4.33. The maximum atomic E-state index is 11.7. The number of aromatic nitrogens is 1. The number of hydrogen-bond donors (Lipinski definition) is 2. The highest BCUT2D eigenvalue weighted by atomic mass is 79.9. The Hall–Kier alpha value is -1.40. The number of hydrogen-bond acceptors (Lipinski definition) is 4. The Morgan fingerprint density at radius 1 is 1.50 bits per heavy atom. The number of amides is 1. The predicted octanol–water partition coefficient (Wildman–Crippen LogP) is 2.35. The van der Waals surface area contributed by atoms with Crippen molar-refractivity contribution in [1.29, 1.82) is 0 Å². The van der Waals surface area contributed by atoms with Crippen LogP contribution in [0.5, 0.6) is 0 Å². The number of rotatable bonds is 4. The van der Waals surface area contributed by atoms with E-state index in [0.29, 0.717) is 17.9 Å². The first kappa shape index (κ1) is 13.0. The number of carbonyl (C=O) groups is 1. The third-order valence-corrected chi connectivity index (χ3v) is 3.97. The minimum atomic E-state index is -0.0446. The number of nitrogens with one attached hydrogen (secondary N) is 1. The van der Waals surface area contributed by atoms with Gasteiger partial charge in [-0.15, -0.1) is 11.3 Å². The number of carbonyl (C=O) groups excluding carboxylic acids is 1. The van der Waals surface area contributed by atoms with E-state index in [4.69, 9.17) is 5.73 Å². The molecule has 0 spiro atoms. The van der Waals surface area contributed by atoms with Crippen LogP contribution in [-0.2, 0) is 17.8 Å². The normalized spacial score (nSPS) is 10.3. The van der Waals surface area contributed by atoms with Crippen LogP contribution in [0.3, 0.4) is 0 Å². The lowest BCUT2D eigenvalue weighted by molar-refractivity contribution is -0.120. The van der Waals surface area contributed by atoms with Crippen LogP contribution in [0.4, 0.5) is 5.69 Å².